The lowest BCUT2D eigenvalue weighted by Gasteiger charge is -2.37. The molecule has 0 aliphatic carbocycles. The highest BCUT2D eigenvalue weighted by Gasteiger charge is 2.24. The Morgan fingerprint density at radius 1 is 1.39 bits per heavy atom. The molecule has 1 aliphatic heterocycles. The number of hydrogen-bond donors (Lipinski definition) is 1. The molecular weight excluding hydrogens is 224 g/mol. The van der Waals surface area contributed by atoms with E-state index in [9.17, 15) is 0 Å². The van der Waals surface area contributed by atoms with Crippen LogP contribution in [0.1, 0.15) is 39.3 Å². The van der Waals surface area contributed by atoms with Gasteiger partial charge in [0.05, 0.1) is 11.9 Å². The van der Waals surface area contributed by atoms with E-state index in [2.05, 4.69) is 36.0 Å². The van der Waals surface area contributed by atoms with Gasteiger partial charge in [0.25, 0.3) is 0 Å². The molecule has 1 aromatic rings. The van der Waals surface area contributed by atoms with Gasteiger partial charge in [0.1, 0.15) is 5.82 Å². The maximum Gasteiger partial charge on any atom is 0.147 e. The van der Waals surface area contributed by atoms with Crippen LogP contribution in [0.25, 0.3) is 0 Å². The second-order valence-corrected chi connectivity index (χ2v) is 5.32. The number of rotatable bonds is 4. The van der Waals surface area contributed by atoms with Crippen LogP contribution in [0.15, 0.2) is 12.4 Å². The van der Waals surface area contributed by atoms with E-state index in [1.807, 2.05) is 12.4 Å². The largest absolute Gasteiger partial charge is 0.353 e. The predicted octanol–water partition coefficient (Wildman–Crippen LogP) is 2.21. The third-order valence-corrected chi connectivity index (χ3v) is 3.66. The third kappa shape index (κ3) is 3.19. The lowest BCUT2D eigenvalue weighted by atomic mass is 9.93. The maximum absolute atomic E-state index is 4.71. The number of nitrogens with zero attached hydrogens (tertiary/aromatic N) is 3. The fourth-order valence-electron chi connectivity index (χ4n) is 2.62. The smallest absolute Gasteiger partial charge is 0.147 e. The minimum absolute atomic E-state index is 0.567. The first kappa shape index (κ1) is 13.3. The van der Waals surface area contributed by atoms with Crippen molar-refractivity contribution in [1.82, 2.24) is 15.3 Å². The van der Waals surface area contributed by atoms with Crippen LogP contribution in [-0.2, 0) is 6.54 Å². The molecular formula is C14H24N4. The molecule has 1 aromatic heterocycles. The summed E-state index contributed by atoms with van der Waals surface area (Å²) in [5, 5.41) is 3.29. The number of hydrogen-bond acceptors (Lipinski definition) is 4. The summed E-state index contributed by atoms with van der Waals surface area (Å²) in [7, 11) is 0. The lowest BCUT2D eigenvalue weighted by molar-refractivity contribution is 0.375. The minimum Gasteiger partial charge on any atom is -0.353 e. The van der Waals surface area contributed by atoms with Crippen molar-refractivity contribution < 1.29 is 0 Å². The van der Waals surface area contributed by atoms with Crippen LogP contribution in [0.3, 0.4) is 0 Å². The van der Waals surface area contributed by atoms with Gasteiger partial charge in [-0.15, -0.1) is 0 Å². The fourth-order valence-corrected chi connectivity index (χ4v) is 2.62. The quantitative estimate of drug-likeness (QED) is 0.887. The van der Waals surface area contributed by atoms with Crippen LogP contribution in [0.4, 0.5) is 5.82 Å². The summed E-state index contributed by atoms with van der Waals surface area (Å²) in [6.07, 6.45) is 6.24. The van der Waals surface area contributed by atoms with Gasteiger partial charge in [0.2, 0.25) is 0 Å². The minimum atomic E-state index is 0.567. The zero-order valence-corrected chi connectivity index (χ0v) is 11.7. The summed E-state index contributed by atoms with van der Waals surface area (Å²) < 4.78 is 0. The van der Waals surface area contributed by atoms with E-state index in [0.717, 1.165) is 37.1 Å². The fraction of sp³-hybridized carbons (Fsp3) is 0.714. The molecule has 0 saturated carbocycles. The zero-order valence-electron chi connectivity index (χ0n) is 11.7. The molecule has 2 unspecified atom stereocenters. The van der Waals surface area contributed by atoms with Crippen LogP contribution in [0, 0.1) is 5.92 Å². The SMILES string of the molecule is CCNCc1cncc(N2CCC(C)CC2C)n1. The molecule has 4 nitrogen and oxygen atoms in total. The van der Waals surface area contributed by atoms with Gasteiger partial charge in [-0.05, 0) is 32.2 Å². The average Bonchev–Trinajstić information content (AvgIpc) is 2.36. The Kier molecular flexibility index (Phi) is 4.53. The number of nitrogens with one attached hydrogen (secondary N) is 1. The summed E-state index contributed by atoms with van der Waals surface area (Å²) in [5.74, 6) is 1.86. The molecule has 0 amide bonds. The molecule has 0 aromatic carbocycles. The van der Waals surface area contributed by atoms with Gasteiger partial charge in [0, 0.05) is 25.3 Å². The highest BCUT2D eigenvalue weighted by molar-refractivity contribution is 5.38. The maximum atomic E-state index is 4.71. The summed E-state index contributed by atoms with van der Waals surface area (Å²) in [4.78, 5) is 11.4. The van der Waals surface area contributed by atoms with E-state index >= 15 is 0 Å². The van der Waals surface area contributed by atoms with E-state index < -0.39 is 0 Å². The summed E-state index contributed by atoms with van der Waals surface area (Å²) in [6.45, 7) is 9.59. The summed E-state index contributed by atoms with van der Waals surface area (Å²) >= 11 is 0. The molecule has 1 saturated heterocycles. The second kappa shape index (κ2) is 6.14. The molecule has 0 spiro atoms. The molecule has 4 heteroatoms. The van der Waals surface area contributed by atoms with E-state index in [1.54, 1.807) is 0 Å². The van der Waals surface area contributed by atoms with Crippen LogP contribution < -0.4 is 10.2 Å². The third-order valence-electron chi connectivity index (χ3n) is 3.66. The monoisotopic (exact) mass is 248 g/mol. The van der Waals surface area contributed by atoms with Crippen molar-refractivity contribution in [3.8, 4) is 0 Å². The van der Waals surface area contributed by atoms with Crippen molar-refractivity contribution in [2.45, 2.75) is 46.2 Å². The van der Waals surface area contributed by atoms with Gasteiger partial charge in [-0.3, -0.25) is 4.98 Å². The Balaban J connectivity index is 2.07. The van der Waals surface area contributed by atoms with Gasteiger partial charge in [-0.25, -0.2) is 4.98 Å². The topological polar surface area (TPSA) is 41.1 Å². The van der Waals surface area contributed by atoms with Gasteiger partial charge in [-0.1, -0.05) is 13.8 Å². The Hall–Kier alpha value is -1.16. The van der Waals surface area contributed by atoms with Gasteiger partial charge in [0.15, 0.2) is 0 Å². The first-order valence-electron chi connectivity index (χ1n) is 6.99. The van der Waals surface area contributed by atoms with Gasteiger partial charge >= 0.3 is 0 Å². The molecule has 2 atom stereocenters. The summed E-state index contributed by atoms with van der Waals surface area (Å²) in [5.41, 5.74) is 1.03. The number of anilines is 1. The Labute approximate surface area is 110 Å². The molecule has 2 heterocycles. The highest BCUT2D eigenvalue weighted by atomic mass is 15.2. The van der Waals surface area contributed by atoms with Crippen molar-refractivity contribution in [3.05, 3.63) is 18.1 Å². The van der Waals surface area contributed by atoms with Crippen molar-refractivity contribution >= 4 is 5.82 Å². The van der Waals surface area contributed by atoms with Crippen LogP contribution in [-0.4, -0.2) is 29.1 Å². The van der Waals surface area contributed by atoms with E-state index in [1.165, 1.54) is 12.8 Å². The predicted molar refractivity (Wildman–Crippen MR) is 74.6 cm³/mol. The van der Waals surface area contributed by atoms with Gasteiger partial charge < -0.3 is 10.2 Å². The highest BCUT2D eigenvalue weighted by Crippen LogP contribution is 2.25. The molecule has 18 heavy (non-hydrogen) atoms. The Bertz CT molecular complexity index is 380. The standard InChI is InChI=1S/C14H24N4/c1-4-15-8-13-9-16-10-14(17-13)18-6-5-11(2)7-12(18)3/h9-12,15H,4-8H2,1-3H3. The van der Waals surface area contributed by atoms with Crippen LogP contribution >= 0.6 is 0 Å². The van der Waals surface area contributed by atoms with Crippen molar-refractivity contribution in [1.29, 1.82) is 0 Å². The molecule has 1 aliphatic rings. The van der Waals surface area contributed by atoms with Crippen molar-refractivity contribution in [2.75, 3.05) is 18.0 Å². The van der Waals surface area contributed by atoms with Crippen LogP contribution in [0.2, 0.25) is 0 Å². The molecule has 1 fully saturated rings. The Morgan fingerprint density at radius 3 is 2.94 bits per heavy atom. The molecule has 2 rings (SSSR count). The normalized spacial score (nSPS) is 24.3. The van der Waals surface area contributed by atoms with E-state index in [-0.39, 0.29) is 0 Å². The molecule has 0 radical (unpaired) electrons. The van der Waals surface area contributed by atoms with Crippen LogP contribution in [0.5, 0.6) is 0 Å². The molecule has 1 N–H and O–H groups in total. The van der Waals surface area contributed by atoms with E-state index in [4.69, 9.17) is 4.98 Å². The summed E-state index contributed by atoms with van der Waals surface area (Å²) in [6, 6.07) is 0.567. The zero-order chi connectivity index (χ0) is 13.0. The van der Waals surface area contributed by atoms with Crippen molar-refractivity contribution in [2.24, 2.45) is 5.92 Å². The van der Waals surface area contributed by atoms with E-state index in [0.29, 0.717) is 6.04 Å². The number of piperidine rings is 1. The average molecular weight is 248 g/mol. The Morgan fingerprint density at radius 2 is 2.22 bits per heavy atom. The first-order chi connectivity index (χ1) is 8.70. The van der Waals surface area contributed by atoms with Gasteiger partial charge in [-0.2, -0.15) is 0 Å². The molecule has 0 bridgehead atoms. The number of aromatic nitrogens is 2. The first-order valence-corrected chi connectivity index (χ1v) is 6.99. The van der Waals surface area contributed by atoms with Crippen molar-refractivity contribution in [3.63, 3.8) is 0 Å². The lowest BCUT2D eigenvalue weighted by Crippen LogP contribution is -2.40. The molecule has 100 valence electrons. The second-order valence-electron chi connectivity index (χ2n) is 5.32.